The molecule has 1 aromatic heterocycles. The second-order valence-electron chi connectivity index (χ2n) is 7.31. The maximum absolute atomic E-state index is 12.4. The number of aromatic hydroxyl groups is 3. The van der Waals surface area contributed by atoms with Crippen LogP contribution in [0, 0.1) is 0 Å². The van der Waals surface area contributed by atoms with Crippen molar-refractivity contribution in [2.45, 2.75) is 30.7 Å². The molecule has 7 N–H and O–H groups in total. The van der Waals surface area contributed by atoms with Gasteiger partial charge in [-0.05, 0) is 12.1 Å². The van der Waals surface area contributed by atoms with Crippen LogP contribution in [0.2, 0.25) is 0 Å². The van der Waals surface area contributed by atoms with E-state index in [1.54, 1.807) is 0 Å². The normalized spacial score (nSPS) is 25.7. The number of phenols is 3. The molecule has 11 nitrogen and oxygen atoms in total. The molecule has 32 heavy (non-hydrogen) atoms. The monoisotopic (exact) mass is 448 g/mol. The number of hydrogen-bond acceptors (Lipinski definition) is 11. The first-order valence-electron chi connectivity index (χ1n) is 9.50. The highest BCUT2D eigenvalue weighted by atomic mass is 16.7. The van der Waals surface area contributed by atoms with E-state index in [0.29, 0.717) is 0 Å². The van der Waals surface area contributed by atoms with Gasteiger partial charge in [0.25, 0.3) is 0 Å². The van der Waals surface area contributed by atoms with E-state index in [1.165, 1.54) is 12.1 Å². The Morgan fingerprint density at radius 1 is 0.906 bits per heavy atom. The van der Waals surface area contributed by atoms with E-state index in [-0.39, 0.29) is 39.5 Å². The molecule has 0 aliphatic carbocycles. The van der Waals surface area contributed by atoms with E-state index in [0.717, 1.165) is 24.3 Å². The van der Waals surface area contributed by atoms with Crippen molar-refractivity contribution < 1.29 is 49.6 Å². The topological polar surface area (TPSA) is 190 Å². The number of benzene rings is 2. The Morgan fingerprint density at radius 2 is 1.66 bits per heavy atom. The second-order valence-corrected chi connectivity index (χ2v) is 7.31. The quantitative estimate of drug-likeness (QED) is 0.279. The Balaban J connectivity index is 1.64. The third kappa shape index (κ3) is 3.83. The van der Waals surface area contributed by atoms with E-state index in [4.69, 9.17) is 13.9 Å². The van der Waals surface area contributed by atoms with Crippen molar-refractivity contribution in [2.75, 3.05) is 6.61 Å². The Kier molecular flexibility index (Phi) is 5.67. The Bertz CT molecular complexity index is 1200. The smallest absolute Gasteiger partial charge is 0.229 e. The van der Waals surface area contributed by atoms with Crippen LogP contribution < -0.4 is 10.2 Å². The van der Waals surface area contributed by atoms with Crippen LogP contribution in [0.15, 0.2) is 45.6 Å². The summed E-state index contributed by atoms with van der Waals surface area (Å²) >= 11 is 0. The Morgan fingerprint density at radius 3 is 2.34 bits per heavy atom. The Labute approximate surface area is 179 Å². The molecule has 4 rings (SSSR count). The second kappa shape index (κ2) is 8.30. The van der Waals surface area contributed by atoms with Gasteiger partial charge < -0.3 is 49.6 Å². The molecular weight excluding hydrogens is 428 g/mol. The van der Waals surface area contributed by atoms with Crippen molar-refractivity contribution in [3.05, 3.63) is 46.6 Å². The van der Waals surface area contributed by atoms with Crippen LogP contribution in [0.1, 0.15) is 0 Å². The van der Waals surface area contributed by atoms with Crippen molar-refractivity contribution in [2.24, 2.45) is 0 Å². The first kappa shape index (κ1) is 21.9. The summed E-state index contributed by atoms with van der Waals surface area (Å²) in [5, 5.41) is 68.8. The molecule has 11 heteroatoms. The number of rotatable bonds is 4. The van der Waals surface area contributed by atoms with Crippen molar-refractivity contribution in [3.63, 3.8) is 0 Å². The molecule has 0 unspecified atom stereocenters. The van der Waals surface area contributed by atoms with Crippen LogP contribution in [-0.4, -0.2) is 73.1 Å². The maximum atomic E-state index is 12.4. The standard InChI is InChI=1S/C21H20O11/c22-7-16-18(27)19(28)20(29)21(32-16)30-9-1-2-10(11(24)5-9)14-6-13(26)17-12(25)3-8(23)4-15(17)31-14/h1-6,16,18-25,27-29H,7H2/t16-,18-,19+,20-,21-/m1/s1. The number of hydrogen-bond donors (Lipinski definition) is 7. The van der Waals surface area contributed by atoms with Gasteiger partial charge in [-0.15, -0.1) is 0 Å². The van der Waals surface area contributed by atoms with Crippen molar-refractivity contribution in [1.82, 2.24) is 0 Å². The van der Waals surface area contributed by atoms with E-state index >= 15 is 0 Å². The largest absolute Gasteiger partial charge is 0.508 e. The molecule has 0 spiro atoms. The molecule has 0 amide bonds. The molecule has 2 heterocycles. The number of aliphatic hydroxyl groups excluding tert-OH is 4. The van der Waals surface area contributed by atoms with E-state index in [1.807, 2.05) is 0 Å². The van der Waals surface area contributed by atoms with Gasteiger partial charge in [0.1, 0.15) is 64.1 Å². The van der Waals surface area contributed by atoms with E-state index in [2.05, 4.69) is 0 Å². The highest BCUT2D eigenvalue weighted by Gasteiger charge is 2.44. The van der Waals surface area contributed by atoms with Crippen LogP contribution in [0.25, 0.3) is 22.3 Å². The molecule has 1 aliphatic heterocycles. The lowest BCUT2D eigenvalue weighted by Crippen LogP contribution is -2.60. The molecule has 170 valence electrons. The average molecular weight is 448 g/mol. The number of phenolic OH excluding ortho intramolecular Hbond substituents is 3. The van der Waals surface area contributed by atoms with Gasteiger partial charge in [-0.1, -0.05) is 0 Å². The third-order valence-corrected chi connectivity index (χ3v) is 5.13. The lowest BCUT2D eigenvalue weighted by atomic mass is 9.99. The van der Waals surface area contributed by atoms with Gasteiger partial charge in [-0.2, -0.15) is 0 Å². The van der Waals surface area contributed by atoms with Gasteiger partial charge in [0.05, 0.1) is 12.2 Å². The molecule has 0 bridgehead atoms. The summed E-state index contributed by atoms with van der Waals surface area (Å²) in [5.74, 6) is -1.19. The molecule has 0 radical (unpaired) electrons. The van der Waals surface area contributed by atoms with Crippen LogP contribution in [-0.2, 0) is 4.74 Å². The van der Waals surface area contributed by atoms with E-state index < -0.39 is 48.5 Å². The fourth-order valence-corrected chi connectivity index (χ4v) is 3.48. The minimum Gasteiger partial charge on any atom is -0.508 e. The summed E-state index contributed by atoms with van der Waals surface area (Å²) in [6, 6.07) is 7.06. The first-order chi connectivity index (χ1) is 15.2. The van der Waals surface area contributed by atoms with Crippen LogP contribution >= 0.6 is 0 Å². The predicted molar refractivity (Wildman–Crippen MR) is 107 cm³/mol. The summed E-state index contributed by atoms with van der Waals surface area (Å²) < 4.78 is 16.3. The minimum atomic E-state index is -1.63. The molecule has 1 fully saturated rings. The summed E-state index contributed by atoms with van der Waals surface area (Å²) in [6.07, 6.45) is -7.40. The lowest BCUT2D eigenvalue weighted by Gasteiger charge is -2.39. The van der Waals surface area contributed by atoms with Crippen molar-refractivity contribution >= 4 is 11.0 Å². The number of fused-ring (bicyclic) bond motifs is 1. The molecule has 1 saturated heterocycles. The van der Waals surface area contributed by atoms with Gasteiger partial charge in [-0.25, -0.2) is 0 Å². The summed E-state index contributed by atoms with van der Waals surface area (Å²) in [7, 11) is 0. The lowest BCUT2D eigenvalue weighted by molar-refractivity contribution is -0.277. The molecule has 2 aromatic carbocycles. The highest BCUT2D eigenvalue weighted by Crippen LogP contribution is 2.36. The number of aliphatic hydroxyl groups is 4. The molecule has 0 saturated carbocycles. The van der Waals surface area contributed by atoms with Gasteiger partial charge in [0.15, 0.2) is 5.43 Å². The maximum Gasteiger partial charge on any atom is 0.229 e. The first-order valence-corrected chi connectivity index (χ1v) is 9.50. The molecule has 1 aliphatic rings. The predicted octanol–water partition coefficient (Wildman–Crippen LogP) is -0.245. The zero-order valence-electron chi connectivity index (χ0n) is 16.3. The fraction of sp³-hybridized carbons (Fsp3) is 0.286. The summed E-state index contributed by atoms with van der Waals surface area (Å²) in [4.78, 5) is 12.4. The average Bonchev–Trinajstić information content (AvgIpc) is 2.73. The molecule has 5 atom stereocenters. The van der Waals surface area contributed by atoms with Crippen molar-refractivity contribution in [1.29, 1.82) is 0 Å². The van der Waals surface area contributed by atoms with E-state index in [9.17, 15) is 40.5 Å². The Hall–Kier alpha value is -3.35. The summed E-state index contributed by atoms with van der Waals surface area (Å²) in [5.41, 5.74) is -0.598. The molecular formula is C21H20O11. The minimum absolute atomic E-state index is 0.00834. The highest BCUT2D eigenvalue weighted by molar-refractivity contribution is 5.86. The van der Waals surface area contributed by atoms with Gasteiger partial charge in [0.2, 0.25) is 6.29 Å². The van der Waals surface area contributed by atoms with Crippen LogP contribution in [0.3, 0.4) is 0 Å². The van der Waals surface area contributed by atoms with Gasteiger partial charge in [0, 0.05) is 24.3 Å². The zero-order chi connectivity index (χ0) is 23.2. The van der Waals surface area contributed by atoms with Crippen molar-refractivity contribution in [3.8, 4) is 34.3 Å². The third-order valence-electron chi connectivity index (χ3n) is 5.13. The van der Waals surface area contributed by atoms with Gasteiger partial charge in [-0.3, -0.25) is 4.79 Å². The van der Waals surface area contributed by atoms with Crippen LogP contribution in [0.5, 0.6) is 23.0 Å². The number of ether oxygens (including phenoxy) is 2. The fourth-order valence-electron chi connectivity index (χ4n) is 3.48. The SMILES string of the molecule is O=c1cc(-c2ccc(O[C@@H]3O[C@H](CO)[C@@H](O)[C@H](O)[C@H]3O)cc2O)oc2cc(O)cc(O)c12. The molecule has 3 aromatic rings. The zero-order valence-corrected chi connectivity index (χ0v) is 16.3. The summed E-state index contributed by atoms with van der Waals surface area (Å²) in [6.45, 7) is -0.624. The van der Waals surface area contributed by atoms with Crippen LogP contribution in [0.4, 0.5) is 0 Å². The van der Waals surface area contributed by atoms with Gasteiger partial charge >= 0.3 is 0 Å².